The molecule has 0 bridgehead atoms. The zero-order chi connectivity index (χ0) is 19.1. The van der Waals surface area contributed by atoms with E-state index >= 15 is 0 Å². The molecule has 1 aliphatic heterocycles. The van der Waals surface area contributed by atoms with Gasteiger partial charge in [-0.2, -0.15) is 13.2 Å². The number of thiophene rings is 1. The third-order valence-electron chi connectivity index (χ3n) is 4.52. The Labute approximate surface area is 154 Å². The quantitative estimate of drug-likeness (QED) is 0.858. The molecule has 2 unspecified atom stereocenters. The van der Waals surface area contributed by atoms with Crippen LogP contribution in [0.2, 0.25) is 0 Å². The van der Waals surface area contributed by atoms with E-state index in [0.29, 0.717) is 16.8 Å². The van der Waals surface area contributed by atoms with E-state index in [1.807, 2.05) is 13.8 Å². The van der Waals surface area contributed by atoms with Gasteiger partial charge in [-0.25, -0.2) is 9.97 Å². The zero-order valence-corrected chi connectivity index (χ0v) is 16.0. The predicted octanol–water partition coefficient (Wildman–Crippen LogP) is 4.01. The Balaban J connectivity index is 1.81. The van der Waals surface area contributed by atoms with Gasteiger partial charge in [0.2, 0.25) is 5.82 Å². The molecule has 5 nitrogen and oxygen atoms in total. The first-order valence-corrected chi connectivity index (χ1v) is 9.41. The number of anilines is 1. The van der Waals surface area contributed by atoms with Crippen LogP contribution < -0.4 is 5.32 Å². The Bertz CT molecular complexity index is 767. The Hall–Kier alpha value is -1.45. The summed E-state index contributed by atoms with van der Waals surface area (Å²) in [5.41, 5.74) is 0.0467. The highest BCUT2D eigenvalue weighted by Crippen LogP contribution is 2.33. The summed E-state index contributed by atoms with van der Waals surface area (Å²) in [5.74, 6) is -0.878. The molecular weight excluding hydrogens is 365 g/mol. The molecule has 9 heteroatoms. The lowest BCUT2D eigenvalue weighted by Gasteiger charge is -2.45. The van der Waals surface area contributed by atoms with E-state index in [2.05, 4.69) is 34.0 Å². The minimum atomic E-state index is -4.57. The Morgan fingerprint density at radius 1 is 1.23 bits per heavy atom. The molecule has 144 valence electrons. The van der Waals surface area contributed by atoms with Crippen LogP contribution in [0.5, 0.6) is 0 Å². The predicted molar refractivity (Wildman–Crippen MR) is 96.6 cm³/mol. The minimum absolute atomic E-state index is 0.123. The number of aromatic nitrogens is 2. The molecule has 0 radical (unpaired) electrons. The van der Waals surface area contributed by atoms with Gasteiger partial charge in [-0.3, -0.25) is 4.90 Å². The summed E-state index contributed by atoms with van der Waals surface area (Å²) >= 11 is 1.33. The molecule has 1 N–H and O–H groups in total. The molecule has 0 saturated carbocycles. The molecule has 0 aromatic carbocycles. The molecule has 2 atom stereocenters. The van der Waals surface area contributed by atoms with Crippen molar-refractivity contribution in [2.75, 3.05) is 25.0 Å². The molecular formula is C17H23F3N4OS. The summed E-state index contributed by atoms with van der Waals surface area (Å²) in [6, 6.07) is 1.58. The molecule has 3 rings (SSSR count). The number of hydrogen-bond acceptors (Lipinski definition) is 6. The Kier molecular flexibility index (Phi) is 5.15. The van der Waals surface area contributed by atoms with Gasteiger partial charge in [-0.05, 0) is 39.1 Å². The topological polar surface area (TPSA) is 50.3 Å². The van der Waals surface area contributed by atoms with E-state index in [4.69, 9.17) is 4.74 Å². The van der Waals surface area contributed by atoms with Crippen LogP contribution in [-0.2, 0) is 10.9 Å². The largest absolute Gasteiger partial charge is 0.451 e. The van der Waals surface area contributed by atoms with Gasteiger partial charge in [0.05, 0.1) is 22.4 Å². The zero-order valence-electron chi connectivity index (χ0n) is 15.2. The number of nitrogens with one attached hydrogen (secondary N) is 1. The van der Waals surface area contributed by atoms with Crippen molar-refractivity contribution in [2.45, 2.75) is 51.6 Å². The average Bonchev–Trinajstić information content (AvgIpc) is 2.99. The van der Waals surface area contributed by atoms with Crippen LogP contribution in [0.25, 0.3) is 10.2 Å². The molecule has 0 aliphatic carbocycles. The first-order valence-electron chi connectivity index (χ1n) is 8.53. The normalized spacial score (nSPS) is 22.7. The number of hydrogen-bond donors (Lipinski definition) is 1. The van der Waals surface area contributed by atoms with Crippen molar-refractivity contribution in [3.63, 3.8) is 0 Å². The summed E-state index contributed by atoms with van der Waals surface area (Å²) in [4.78, 5) is 9.67. The van der Waals surface area contributed by atoms with Gasteiger partial charge < -0.3 is 10.1 Å². The molecule has 2 aromatic rings. The number of ether oxygens (including phenoxy) is 1. The number of alkyl halides is 3. The molecule has 0 spiro atoms. The Morgan fingerprint density at radius 2 is 1.88 bits per heavy atom. The minimum Gasteiger partial charge on any atom is -0.373 e. The van der Waals surface area contributed by atoms with Crippen LogP contribution in [0.1, 0.15) is 33.5 Å². The van der Waals surface area contributed by atoms with Crippen LogP contribution in [0.3, 0.4) is 0 Å². The maximum absolute atomic E-state index is 13.1. The summed E-state index contributed by atoms with van der Waals surface area (Å²) in [7, 11) is 0. The lowest BCUT2D eigenvalue weighted by Crippen LogP contribution is -2.57. The maximum Gasteiger partial charge on any atom is 0.451 e. The van der Waals surface area contributed by atoms with Gasteiger partial charge >= 0.3 is 6.18 Å². The maximum atomic E-state index is 13.1. The van der Waals surface area contributed by atoms with Gasteiger partial charge in [-0.1, -0.05) is 0 Å². The fourth-order valence-corrected chi connectivity index (χ4v) is 3.99. The van der Waals surface area contributed by atoms with Crippen LogP contribution in [0.4, 0.5) is 19.0 Å². The van der Waals surface area contributed by atoms with Gasteiger partial charge in [0.25, 0.3) is 0 Å². The second-order valence-corrected chi connectivity index (χ2v) is 8.27. The average molecular weight is 388 g/mol. The van der Waals surface area contributed by atoms with Crippen molar-refractivity contribution in [1.82, 2.24) is 14.9 Å². The van der Waals surface area contributed by atoms with E-state index in [-0.39, 0.29) is 23.6 Å². The van der Waals surface area contributed by atoms with Crippen molar-refractivity contribution < 1.29 is 17.9 Å². The second-order valence-electron chi connectivity index (χ2n) is 7.36. The third kappa shape index (κ3) is 4.10. The molecule has 1 fully saturated rings. The van der Waals surface area contributed by atoms with Crippen molar-refractivity contribution in [1.29, 1.82) is 0 Å². The summed E-state index contributed by atoms with van der Waals surface area (Å²) in [6.45, 7) is 10.2. The molecule has 0 amide bonds. The first-order chi connectivity index (χ1) is 12.1. The highest BCUT2D eigenvalue weighted by atomic mass is 32.1. The fraction of sp³-hybridized carbons (Fsp3) is 0.647. The van der Waals surface area contributed by atoms with Crippen LogP contribution in [-0.4, -0.2) is 52.2 Å². The smallest absolute Gasteiger partial charge is 0.373 e. The van der Waals surface area contributed by atoms with Crippen LogP contribution in [0.15, 0.2) is 11.4 Å². The van der Waals surface area contributed by atoms with Gasteiger partial charge in [0.1, 0.15) is 5.82 Å². The lowest BCUT2D eigenvalue weighted by atomic mass is 10.00. The lowest BCUT2D eigenvalue weighted by molar-refractivity contribution is -0.144. The van der Waals surface area contributed by atoms with Crippen molar-refractivity contribution in [3.8, 4) is 0 Å². The van der Waals surface area contributed by atoms with Crippen molar-refractivity contribution in [2.24, 2.45) is 0 Å². The van der Waals surface area contributed by atoms with Gasteiger partial charge in [0, 0.05) is 25.2 Å². The number of morpholine rings is 1. The SMILES string of the molecule is CC1CN(C(C)(C)CNc2nc(C(F)(F)F)nc3ccsc23)CC(C)O1. The van der Waals surface area contributed by atoms with Crippen LogP contribution in [0, 0.1) is 0 Å². The monoisotopic (exact) mass is 388 g/mol. The van der Waals surface area contributed by atoms with E-state index in [9.17, 15) is 13.2 Å². The standard InChI is InChI=1S/C17H23F3N4OS/c1-10-7-24(8-11(2)25-10)16(3,4)9-21-14-13-12(5-6-26-13)22-15(23-14)17(18,19)20/h5-6,10-11H,7-9H2,1-4H3,(H,21,22,23). The van der Waals surface area contributed by atoms with Crippen LogP contribution >= 0.6 is 11.3 Å². The number of nitrogens with zero attached hydrogens (tertiary/aromatic N) is 3. The highest BCUT2D eigenvalue weighted by Gasteiger charge is 2.36. The summed E-state index contributed by atoms with van der Waals surface area (Å²) in [6.07, 6.45) is -4.33. The highest BCUT2D eigenvalue weighted by molar-refractivity contribution is 7.17. The molecule has 3 heterocycles. The van der Waals surface area contributed by atoms with Crippen molar-refractivity contribution in [3.05, 3.63) is 17.3 Å². The van der Waals surface area contributed by atoms with E-state index in [1.54, 1.807) is 11.4 Å². The van der Waals surface area contributed by atoms with E-state index in [1.165, 1.54) is 11.3 Å². The first kappa shape index (κ1) is 19.3. The summed E-state index contributed by atoms with van der Waals surface area (Å²) < 4.78 is 45.7. The van der Waals surface area contributed by atoms with E-state index < -0.39 is 12.0 Å². The molecule has 1 saturated heterocycles. The van der Waals surface area contributed by atoms with Crippen molar-refractivity contribution >= 4 is 27.4 Å². The van der Waals surface area contributed by atoms with Gasteiger partial charge in [0.15, 0.2) is 0 Å². The third-order valence-corrected chi connectivity index (χ3v) is 5.43. The summed E-state index contributed by atoms with van der Waals surface area (Å²) in [5, 5.41) is 4.85. The molecule has 2 aromatic heterocycles. The molecule has 26 heavy (non-hydrogen) atoms. The molecule has 1 aliphatic rings. The fourth-order valence-electron chi connectivity index (χ4n) is 3.19. The van der Waals surface area contributed by atoms with Gasteiger partial charge in [-0.15, -0.1) is 11.3 Å². The number of halogens is 3. The number of rotatable bonds is 4. The van der Waals surface area contributed by atoms with E-state index in [0.717, 1.165) is 13.1 Å². The second kappa shape index (κ2) is 6.94. The Morgan fingerprint density at radius 3 is 2.50 bits per heavy atom. The number of fused-ring (bicyclic) bond motifs is 1.